The van der Waals surface area contributed by atoms with Crippen LogP contribution in [0.5, 0.6) is 17.2 Å². The zero-order chi connectivity index (χ0) is 21.8. The Morgan fingerprint density at radius 2 is 2.03 bits per heavy atom. The van der Waals surface area contributed by atoms with E-state index < -0.39 is 0 Å². The summed E-state index contributed by atoms with van der Waals surface area (Å²) in [6.45, 7) is 0.947. The average molecular weight is 442 g/mol. The number of anilines is 1. The lowest BCUT2D eigenvalue weighted by Crippen LogP contribution is -2.37. The number of hydrogen-bond acceptors (Lipinski definition) is 6. The van der Waals surface area contributed by atoms with E-state index in [0.717, 1.165) is 11.1 Å². The molecule has 2 aromatic carbocycles. The average Bonchev–Trinajstić information content (AvgIpc) is 3.23. The van der Waals surface area contributed by atoms with E-state index in [1.165, 1.54) is 0 Å². The van der Waals surface area contributed by atoms with Gasteiger partial charge in [0.15, 0.2) is 16.6 Å². The van der Waals surface area contributed by atoms with Crippen molar-refractivity contribution in [1.82, 2.24) is 9.88 Å². The van der Waals surface area contributed by atoms with E-state index in [0.29, 0.717) is 46.4 Å². The largest absolute Gasteiger partial charge is 0.495 e. The number of pyridine rings is 1. The summed E-state index contributed by atoms with van der Waals surface area (Å²) >= 11 is 5.61. The van der Waals surface area contributed by atoms with Crippen LogP contribution in [-0.2, 0) is 6.54 Å². The van der Waals surface area contributed by atoms with Crippen LogP contribution in [0.1, 0.15) is 12.0 Å². The molecule has 3 aromatic rings. The molecule has 0 spiro atoms. The normalized spacial score (nSPS) is 12.1. The first-order valence-electron chi connectivity index (χ1n) is 9.84. The zero-order valence-corrected chi connectivity index (χ0v) is 17.8. The number of nitrogens with zero attached hydrogens (tertiary/aromatic N) is 1. The number of benzene rings is 2. The number of aliphatic hydroxyl groups excluding tert-OH is 1. The van der Waals surface area contributed by atoms with Crippen LogP contribution in [0.3, 0.4) is 0 Å². The van der Waals surface area contributed by atoms with Crippen molar-refractivity contribution in [3.05, 3.63) is 58.4 Å². The Balaban J connectivity index is 1.60. The molecule has 2 heterocycles. The Bertz CT molecular complexity index is 1160. The molecule has 8 nitrogen and oxygen atoms in total. The fourth-order valence-electron chi connectivity index (χ4n) is 3.42. The van der Waals surface area contributed by atoms with Crippen molar-refractivity contribution in [1.29, 1.82) is 0 Å². The summed E-state index contributed by atoms with van der Waals surface area (Å²) in [5.41, 5.74) is 1.74. The minimum atomic E-state index is -0.208. The van der Waals surface area contributed by atoms with E-state index in [1.54, 1.807) is 13.2 Å². The number of thiocarbonyl (C=S) groups is 1. The zero-order valence-electron chi connectivity index (χ0n) is 17.0. The van der Waals surface area contributed by atoms with Crippen LogP contribution in [-0.4, -0.2) is 47.2 Å². The van der Waals surface area contributed by atoms with Crippen LogP contribution in [0.25, 0.3) is 10.9 Å². The van der Waals surface area contributed by atoms with E-state index in [2.05, 4.69) is 10.3 Å². The second-order valence-corrected chi connectivity index (χ2v) is 7.43. The van der Waals surface area contributed by atoms with E-state index in [-0.39, 0.29) is 25.5 Å². The van der Waals surface area contributed by atoms with Gasteiger partial charge < -0.3 is 34.5 Å². The Labute approximate surface area is 184 Å². The van der Waals surface area contributed by atoms with Gasteiger partial charge in [-0.15, -0.1) is 0 Å². The van der Waals surface area contributed by atoms with Crippen LogP contribution < -0.4 is 25.1 Å². The third kappa shape index (κ3) is 4.57. The second-order valence-electron chi connectivity index (χ2n) is 7.05. The van der Waals surface area contributed by atoms with Crippen LogP contribution >= 0.6 is 12.2 Å². The van der Waals surface area contributed by atoms with Crippen molar-refractivity contribution in [3.8, 4) is 17.2 Å². The Morgan fingerprint density at radius 3 is 2.81 bits per heavy atom. The van der Waals surface area contributed by atoms with Crippen molar-refractivity contribution in [2.45, 2.75) is 13.0 Å². The number of fused-ring (bicyclic) bond motifs is 2. The predicted octanol–water partition coefficient (Wildman–Crippen LogP) is 2.85. The number of H-pyrrole nitrogens is 1. The number of hydrogen-bond donors (Lipinski definition) is 3. The van der Waals surface area contributed by atoms with Gasteiger partial charge in [-0.05, 0) is 42.9 Å². The minimum Gasteiger partial charge on any atom is -0.495 e. The smallest absolute Gasteiger partial charge is 0.253 e. The Morgan fingerprint density at radius 1 is 1.26 bits per heavy atom. The molecule has 0 radical (unpaired) electrons. The highest BCUT2D eigenvalue weighted by atomic mass is 32.1. The van der Waals surface area contributed by atoms with Gasteiger partial charge in [-0.1, -0.05) is 12.1 Å². The maximum Gasteiger partial charge on any atom is 0.253 e. The molecule has 9 heteroatoms. The second kappa shape index (κ2) is 9.23. The maximum atomic E-state index is 12.7. The topological polar surface area (TPSA) is 96.1 Å². The van der Waals surface area contributed by atoms with E-state index in [1.807, 2.05) is 41.3 Å². The lowest BCUT2D eigenvalue weighted by Gasteiger charge is -2.26. The highest BCUT2D eigenvalue weighted by Crippen LogP contribution is 2.35. The van der Waals surface area contributed by atoms with E-state index in [9.17, 15) is 9.90 Å². The molecule has 0 amide bonds. The summed E-state index contributed by atoms with van der Waals surface area (Å²) < 4.78 is 16.2. The fraction of sp³-hybridized carbons (Fsp3) is 0.273. The molecule has 1 aliphatic heterocycles. The van der Waals surface area contributed by atoms with Crippen molar-refractivity contribution >= 4 is 33.9 Å². The Hall–Kier alpha value is -3.30. The van der Waals surface area contributed by atoms with Crippen molar-refractivity contribution in [2.75, 3.05) is 32.4 Å². The molecule has 0 saturated heterocycles. The highest BCUT2D eigenvalue weighted by molar-refractivity contribution is 7.80. The van der Waals surface area contributed by atoms with E-state index in [4.69, 9.17) is 26.4 Å². The predicted molar refractivity (Wildman–Crippen MR) is 122 cm³/mol. The van der Waals surface area contributed by atoms with Gasteiger partial charge in [0, 0.05) is 30.2 Å². The van der Waals surface area contributed by atoms with Crippen LogP contribution in [0, 0.1) is 0 Å². The molecule has 0 bridgehead atoms. The van der Waals surface area contributed by atoms with Gasteiger partial charge in [0.2, 0.25) is 6.79 Å². The molecule has 162 valence electrons. The number of ether oxygens (including phenoxy) is 3. The van der Waals surface area contributed by atoms with Gasteiger partial charge in [0.05, 0.1) is 24.9 Å². The van der Waals surface area contributed by atoms with Gasteiger partial charge in [0.1, 0.15) is 5.75 Å². The summed E-state index contributed by atoms with van der Waals surface area (Å²) in [6.07, 6.45) is 0.512. The maximum absolute atomic E-state index is 12.7. The molecule has 31 heavy (non-hydrogen) atoms. The first-order chi connectivity index (χ1) is 15.1. The number of nitrogens with one attached hydrogen (secondary N) is 2. The lowest BCUT2D eigenvalue weighted by molar-refractivity contribution is 0.174. The standard InChI is InChI=1S/C22H23N3O5S/c1-28-18-6-3-2-5-16(18)24-22(31)25(7-4-8-26)12-15-9-14-10-19-20(30-13-29-19)11-17(14)23-21(15)27/h2-3,5-6,9-11,26H,4,7-8,12-13H2,1H3,(H,23,27)(H,24,31). The van der Waals surface area contributed by atoms with Crippen LogP contribution in [0.15, 0.2) is 47.3 Å². The number of para-hydroxylation sites is 2. The summed E-state index contributed by atoms with van der Waals surface area (Å²) in [4.78, 5) is 17.5. The number of aromatic nitrogens is 1. The summed E-state index contributed by atoms with van der Waals surface area (Å²) in [5.74, 6) is 1.92. The monoisotopic (exact) mass is 441 g/mol. The van der Waals surface area contributed by atoms with Gasteiger partial charge in [-0.3, -0.25) is 4.79 Å². The third-order valence-electron chi connectivity index (χ3n) is 5.00. The Kier molecular flexibility index (Phi) is 6.24. The minimum absolute atomic E-state index is 0.0192. The first-order valence-corrected chi connectivity index (χ1v) is 10.2. The first kappa shape index (κ1) is 21.0. The molecule has 0 aliphatic carbocycles. The third-order valence-corrected chi connectivity index (χ3v) is 5.36. The molecule has 0 unspecified atom stereocenters. The van der Waals surface area contributed by atoms with Gasteiger partial charge in [-0.2, -0.15) is 0 Å². The van der Waals surface area contributed by atoms with Crippen molar-refractivity contribution < 1.29 is 19.3 Å². The summed E-state index contributed by atoms with van der Waals surface area (Å²) in [5, 5.41) is 13.8. The van der Waals surface area contributed by atoms with Gasteiger partial charge in [-0.25, -0.2) is 0 Å². The number of rotatable bonds is 7. The molecule has 1 aromatic heterocycles. The molecular weight excluding hydrogens is 418 g/mol. The quantitative estimate of drug-likeness (QED) is 0.482. The number of aliphatic hydroxyl groups is 1. The summed E-state index contributed by atoms with van der Waals surface area (Å²) in [6, 6.07) is 12.9. The number of aromatic amines is 1. The van der Waals surface area contributed by atoms with Crippen LogP contribution in [0.2, 0.25) is 0 Å². The molecule has 0 atom stereocenters. The molecule has 0 saturated carbocycles. The SMILES string of the molecule is COc1ccccc1NC(=S)N(CCCO)Cc1cc2cc3c(cc2[nH]c1=O)OCO3. The molecule has 1 aliphatic rings. The highest BCUT2D eigenvalue weighted by Gasteiger charge is 2.18. The van der Waals surface area contributed by atoms with E-state index >= 15 is 0 Å². The van der Waals surface area contributed by atoms with Gasteiger partial charge >= 0.3 is 0 Å². The molecule has 3 N–H and O–H groups in total. The van der Waals surface area contributed by atoms with Gasteiger partial charge in [0.25, 0.3) is 5.56 Å². The van der Waals surface area contributed by atoms with Crippen molar-refractivity contribution in [3.63, 3.8) is 0 Å². The number of methoxy groups -OCH3 is 1. The lowest BCUT2D eigenvalue weighted by atomic mass is 10.1. The van der Waals surface area contributed by atoms with Crippen molar-refractivity contribution in [2.24, 2.45) is 0 Å². The molecular formula is C22H23N3O5S. The molecule has 0 fully saturated rings. The fourth-order valence-corrected chi connectivity index (χ4v) is 3.69. The summed E-state index contributed by atoms with van der Waals surface area (Å²) in [7, 11) is 1.59. The molecule has 4 rings (SSSR count). The van der Waals surface area contributed by atoms with Crippen LogP contribution in [0.4, 0.5) is 5.69 Å².